The number of rotatable bonds is 4. The summed E-state index contributed by atoms with van der Waals surface area (Å²) in [5.74, 6) is 0.958. The standard InChI is InChI=1S/C15H23NO3/c1-10-7-12(8-11(2)15(10)17-4)14(16-3)13-9-18-5-6-19-13/h7-8,13-14,16H,5-6,9H2,1-4H3. The van der Waals surface area contributed by atoms with Gasteiger partial charge in [-0.15, -0.1) is 0 Å². The van der Waals surface area contributed by atoms with E-state index < -0.39 is 0 Å². The molecule has 0 aliphatic carbocycles. The Balaban J connectivity index is 2.27. The molecule has 0 aromatic heterocycles. The number of hydrogen-bond acceptors (Lipinski definition) is 4. The first kappa shape index (κ1) is 14.3. The Morgan fingerprint density at radius 2 is 1.95 bits per heavy atom. The van der Waals surface area contributed by atoms with E-state index >= 15 is 0 Å². The lowest BCUT2D eigenvalue weighted by atomic mass is 9.96. The van der Waals surface area contributed by atoms with Crippen LogP contribution in [0.4, 0.5) is 0 Å². The molecule has 4 nitrogen and oxygen atoms in total. The molecule has 2 unspecified atom stereocenters. The molecule has 1 aliphatic rings. The number of aryl methyl sites for hydroxylation is 2. The predicted molar refractivity (Wildman–Crippen MR) is 74.8 cm³/mol. The van der Waals surface area contributed by atoms with E-state index in [0.29, 0.717) is 19.8 Å². The summed E-state index contributed by atoms with van der Waals surface area (Å²) in [5, 5.41) is 3.33. The Kier molecular flexibility index (Phi) is 4.80. The van der Waals surface area contributed by atoms with Crippen molar-refractivity contribution in [3.05, 3.63) is 28.8 Å². The Morgan fingerprint density at radius 3 is 2.42 bits per heavy atom. The van der Waals surface area contributed by atoms with Gasteiger partial charge in [0.05, 0.1) is 33.0 Å². The van der Waals surface area contributed by atoms with E-state index in [4.69, 9.17) is 14.2 Å². The van der Waals surface area contributed by atoms with Crippen LogP contribution in [0.15, 0.2) is 12.1 Å². The normalized spacial score (nSPS) is 21.2. The number of ether oxygens (including phenoxy) is 3. The number of methoxy groups -OCH3 is 1. The second-order valence-electron chi connectivity index (χ2n) is 4.94. The summed E-state index contributed by atoms with van der Waals surface area (Å²) >= 11 is 0. The number of likely N-dealkylation sites (N-methyl/N-ethyl adjacent to an activating group) is 1. The van der Waals surface area contributed by atoms with Crippen LogP contribution in [0.2, 0.25) is 0 Å². The van der Waals surface area contributed by atoms with E-state index in [1.807, 2.05) is 7.05 Å². The SMILES string of the molecule is CNC(c1cc(C)c(OC)c(C)c1)C1COCCO1. The van der Waals surface area contributed by atoms with Gasteiger partial charge in [0.15, 0.2) is 0 Å². The minimum atomic E-state index is 0.0611. The van der Waals surface area contributed by atoms with Gasteiger partial charge >= 0.3 is 0 Å². The zero-order valence-corrected chi connectivity index (χ0v) is 12.2. The van der Waals surface area contributed by atoms with Gasteiger partial charge in [0.2, 0.25) is 0 Å². The minimum absolute atomic E-state index is 0.0611. The summed E-state index contributed by atoms with van der Waals surface area (Å²) in [6.07, 6.45) is 0.0611. The molecule has 1 aromatic carbocycles. The molecule has 1 heterocycles. The Hall–Kier alpha value is -1.10. The molecule has 1 aliphatic heterocycles. The van der Waals surface area contributed by atoms with Crippen LogP contribution in [0.5, 0.6) is 5.75 Å². The number of benzene rings is 1. The summed E-state index contributed by atoms with van der Waals surface area (Å²) < 4.78 is 16.7. The molecule has 1 N–H and O–H groups in total. The molecule has 1 saturated heterocycles. The number of nitrogens with one attached hydrogen (secondary N) is 1. The van der Waals surface area contributed by atoms with E-state index in [-0.39, 0.29) is 12.1 Å². The van der Waals surface area contributed by atoms with Gasteiger partial charge < -0.3 is 19.5 Å². The monoisotopic (exact) mass is 265 g/mol. The highest BCUT2D eigenvalue weighted by Gasteiger charge is 2.26. The first-order chi connectivity index (χ1) is 9.17. The molecule has 2 atom stereocenters. The third-order valence-corrected chi connectivity index (χ3v) is 3.57. The van der Waals surface area contributed by atoms with Crippen LogP contribution in [0.1, 0.15) is 22.7 Å². The quantitative estimate of drug-likeness (QED) is 0.903. The maximum Gasteiger partial charge on any atom is 0.124 e. The fraction of sp³-hybridized carbons (Fsp3) is 0.600. The van der Waals surface area contributed by atoms with Crippen molar-refractivity contribution in [1.29, 1.82) is 0 Å². The Morgan fingerprint density at radius 1 is 1.26 bits per heavy atom. The lowest BCUT2D eigenvalue weighted by Gasteiger charge is -2.31. The first-order valence-electron chi connectivity index (χ1n) is 6.69. The van der Waals surface area contributed by atoms with Gasteiger partial charge in [0.25, 0.3) is 0 Å². The molecule has 0 bridgehead atoms. The van der Waals surface area contributed by atoms with Crippen molar-refractivity contribution in [2.45, 2.75) is 26.0 Å². The largest absolute Gasteiger partial charge is 0.496 e. The van der Waals surface area contributed by atoms with Crippen LogP contribution >= 0.6 is 0 Å². The second kappa shape index (κ2) is 6.37. The third kappa shape index (κ3) is 3.08. The minimum Gasteiger partial charge on any atom is -0.496 e. The maximum absolute atomic E-state index is 5.80. The van der Waals surface area contributed by atoms with Gasteiger partial charge in [-0.3, -0.25) is 0 Å². The second-order valence-corrected chi connectivity index (χ2v) is 4.94. The lowest BCUT2D eigenvalue weighted by Crippen LogP contribution is -2.39. The molecular weight excluding hydrogens is 242 g/mol. The Labute approximate surface area is 115 Å². The van der Waals surface area contributed by atoms with Crippen LogP contribution in [0.3, 0.4) is 0 Å². The topological polar surface area (TPSA) is 39.7 Å². The fourth-order valence-corrected chi connectivity index (χ4v) is 2.75. The van der Waals surface area contributed by atoms with Gasteiger partial charge in [-0.05, 0) is 37.6 Å². The van der Waals surface area contributed by atoms with Crippen LogP contribution in [-0.2, 0) is 9.47 Å². The highest BCUT2D eigenvalue weighted by molar-refractivity contribution is 5.44. The molecular formula is C15H23NO3. The van der Waals surface area contributed by atoms with Gasteiger partial charge in [0.1, 0.15) is 11.9 Å². The van der Waals surface area contributed by atoms with E-state index in [1.54, 1.807) is 7.11 Å². The smallest absolute Gasteiger partial charge is 0.124 e. The average molecular weight is 265 g/mol. The zero-order chi connectivity index (χ0) is 13.8. The van der Waals surface area contributed by atoms with E-state index in [2.05, 4.69) is 31.3 Å². The van der Waals surface area contributed by atoms with Gasteiger partial charge in [0, 0.05) is 0 Å². The Bertz CT molecular complexity index is 404. The number of hydrogen-bond donors (Lipinski definition) is 1. The first-order valence-corrected chi connectivity index (χ1v) is 6.69. The summed E-state index contributed by atoms with van der Waals surface area (Å²) in [4.78, 5) is 0. The van der Waals surface area contributed by atoms with Gasteiger partial charge in [-0.2, -0.15) is 0 Å². The van der Waals surface area contributed by atoms with E-state index in [9.17, 15) is 0 Å². The summed E-state index contributed by atoms with van der Waals surface area (Å²) in [6.45, 7) is 6.13. The molecule has 0 radical (unpaired) electrons. The van der Waals surface area contributed by atoms with Crippen molar-refractivity contribution in [3.63, 3.8) is 0 Å². The van der Waals surface area contributed by atoms with Crippen LogP contribution in [0.25, 0.3) is 0 Å². The zero-order valence-electron chi connectivity index (χ0n) is 12.2. The van der Waals surface area contributed by atoms with Crippen molar-refractivity contribution in [1.82, 2.24) is 5.32 Å². The highest BCUT2D eigenvalue weighted by atomic mass is 16.6. The summed E-state index contributed by atoms with van der Waals surface area (Å²) in [5.41, 5.74) is 3.51. The van der Waals surface area contributed by atoms with Crippen molar-refractivity contribution in [2.75, 3.05) is 34.0 Å². The van der Waals surface area contributed by atoms with Gasteiger partial charge in [-0.1, -0.05) is 12.1 Å². The van der Waals surface area contributed by atoms with Crippen molar-refractivity contribution in [3.8, 4) is 5.75 Å². The van der Waals surface area contributed by atoms with Crippen molar-refractivity contribution < 1.29 is 14.2 Å². The molecule has 0 spiro atoms. The summed E-state index contributed by atoms with van der Waals surface area (Å²) in [7, 11) is 3.67. The van der Waals surface area contributed by atoms with E-state index in [1.165, 1.54) is 5.56 Å². The maximum atomic E-state index is 5.80. The molecule has 106 valence electrons. The average Bonchev–Trinajstić information content (AvgIpc) is 2.40. The van der Waals surface area contributed by atoms with Crippen LogP contribution < -0.4 is 10.1 Å². The molecule has 0 amide bonds. The van der Waals surface area contributed by atoms with Crippen molar-refractivity contribution in [2.24, 2.45) is 0 Å². The molecule has 1 aromatic rings. The highest BCUT2D eigenvalue weighted by Crippen LogP contribution is 2.29. The fourth-order valence-electron chi connectivity index (χ4n) is 2.75. The molecule has 4 heteroatoms. The van der Waals surface area contributed by atoms with Crippen molar-refractivity contribution >= 4 is 0 Å². The van der Waals surface area contributed by atoms with Crippen LogP contribution in [0, 0.1) is 13.8 Å². The molecule has 0 saturated carbocycles. The molecule has 2 rings (SSSR count). The van der Waals surface area contributed by atoms with Crippen LogP contribution in [-0.4, -0.2) is 40.1 Å². The molecule has 19 heavy (non-hydrogen) atoms. The lowest BCUT2D eigenvalue weighted by molar-refractivity contribution is -0.101. The third-order valence-electron chi connectivity index (χ3n) is 3.57. The summed E-state index contributed by atoms with van der Waals surface area (Å²) in [6, 6.07) is 4.46. The van der Waals surface area contributed by atoms with E-state index in [0.717, 1.165) is 16.9 Å². The molecule has 1 fully saturated rings. The van der Waals surface area contributed by atoms with Gasteiger partial charge in [-0.25, -0.2) is 0 Å². The predicted octanol–water partition coefficient (Wildman–Crippen LogP) is 1.99.